The van der Waals surface area contributed by atoms with E-state index in [0.29, 0.717) is 19.7 Å². The van der Waals surface area contributed by atoms with Gasteiger partial charge in [0.25, 0.3) is 5.91 Å². The normalized spacial score (nSPS) is 15.0. The SMILES string of the molecule is COCCCNC(=O)C[NH+]1CCN(C(=S)Nc2ccccc2C)CC1. The Morgan fingerprint density at radius 2 is 2.04 bits per heavy atom. The Labute approximate surface area is 155 Å². The zero-order valence-electron chi connectivity index (χ0n) is 15.1. The van der Waals surface area contributed by atoms with Gasteiger partial charge in [0.1, 0.15) is 0 Å². The first-order chi connectivity index (χ1) is 12.1. The molecular formula is C18H29N4O2S+. The molecule has 1 aliphatic rings. The summed E-state index contributed by atoms with van der Waals surface area (Å²) >= 11 is 5.54. The summed E-state index contributed by atoms with van der Waals surface area (Å²) in [7, 11) is 1.67. The zero-order valence-corrected chi connectivity index (χ0v) is 16.0. The van der Waals surface area contributed by atoms with Crippen molar-refractivity contribution in [2.24, 2.45) is 0 Å². The van der Waals surface area contributed by atoms with Crippen LogP contribution in [0.3, 0.4) is 0 Å². The van der Waals surface area contributed by atoms with E-state index in [-0.39, 0.29) is 5.91 Å². The average molecular weight is 366 g/mol. The van der Waals surface area contributed by atoms with Crippen molar-refractivity contribution in [2.45, 2.75) is 13.3 Å². The third kappa shape index (κ3) is 6.61. The largest absolute Gasteiger partial charge is 0.385 e. The van der Waals surface area contributed by atoms with Crippen LogP contribution in [0.15, 0.2) is 24.3 Å². The van der Waals surface area contributed by atoms with Crippen LogP contribution in [0.5, 0.6) is 0 Å². The van der Waals surface area contributed by atoms with E-state index in [0.717, 1.165) is 43.4 Å². The monoisotopic (exact) mass is 365 g/mol. The van der Waals surface area contributed by atoms with Crippen LogP contribution in [0.2, 0.25) is 0 Å². The number of thiocarbonyl (C=S) groups is 1. The topological polar surface area (TPSA) is 58.0 Å². The number of anilines is 1. The number of ether oxygens (including phenoxy) is 1. The van der Waals surface area contributed by atoms with E-state index < -0.39 is 0 Å². The molecular weight excluding hydrogens is 336 g/mol. The summed E-state index contributed by atoms with van der Waals surface area (Å²) in [6, 6.07) is 8.13. The molecule has 0 aliphatic carbocycles. The highest BCUT2D eigenvalue weighted by atomic mass is 32.1. The Kier molecular flexibility index (Phi) is 8.11. The Morgan fingerprint density at radius 3 is 2.72 bits per heavy atom. The summed E-state index contributed by atoms with van der Waals surface area (Å²) in [5, 5.41) is 7.04. The molecule has 138 valence electrons. The van der Waals surface area contributed by atoms with Crippen molar-refractivity contribution in [1.82, 2.24) is 10.2 Å². The second-order valence-electron chi connectivity index (χ2n) is 6.36. The Morgan fingerprint density at radius 1 is 1.32 bits per heavy atom. The van der Waals surface area contributed by atoms with Gasteiger partial charge in [0, 0.05) is 25.9 Å². The number of rotatable bonds is 7. The number of nitrogens with one attached hydrogen (secondary N) is 3. The summed E-state index contributed by atoms with van der Waals surface area (Å²) in [4.78, 5) is 15.4. The lowest BCUT2D eigenvalue weighted by molar-refractivity contribution is -0.895. The van der Waals surface area contributed by atoms with Crippen LogP contribution in [-0.4, -0.2) is 68.9 Å². The molecule has 25 heavy (non-hydrogen) atoms. The highest BCUT2D eigenvalue weighted by Gasteiger charge is 2.23. The van der Waals surface area contributed by atoms with Gasteiger partial charge >= 0.3 is 0 Å². The number of carbonyl (C=O) groups is 1. The van der Waals surface area contributed by atoms with E-state index in [4.69, 9.17) is 17.0 Å². The van der Waals surface area contributed by atoms with Crippen molar-refractivity contribution < 1.29 is 14.4 Å². The molecule has 0 spiro atoms. The molecule has 1 amide bonds. The van der Waals surface area contributed by atoms with E-state index in [9.17, 15) is 4.79 Å². The van der Waals surface area contributed by atoms with E-state index in [1.54, 1.807) is 7.11 Å². The van der Waals surface area contributed by atoms with Crippen molar-refractivity contribution in [3.63, 3.8) is 0 Å². The van der Waals surface area contributed by atoms with Crippen LogP contribution in [0.1, 0.15) is 12.0 Å². The average Bonchev–Trinajstić information content (AvgIpc) is 2.61. The Balaban J connectivity index is 1.69. The highest BCUT2D eigenvalue weighted by molar-refractivity contribution is 7.80. The molecule has 0 aromatic heterocycles. The van der Waals surface area contributed by atoms with E-state index in [1.165, 1.54) is 10.5 Å². The fourth-order valence-corrected chi connectivity index (χ4v) is 3.14. The molecule has 0 radical (unpaired) electrons. The molecule has 1 aromatic carbocycles. The number of methoxy groups -OCH3 is 1. The summed E-state index contributed by atoms with van der Waals surface area (Å²) < 4.78 is 4.98. The predicted octanol–water partition coefficient (Wildman–Crippen LogP) is 0.0450. The number of nitrogens with zero attached hydrogens (tertiary/aromatic N) is 1. The summed E-state index contributed by atoms with van der Waals surface area (Å²) in [6.07, 6.45) is 0.851. The summed E-state index contributed by atoms with van der Waals surface area (Å²) in [6.45, 7) is 7.51. The lowest BCUT2D eigenvalue weighted by Gasteiger charge is -2.33. The molecule has 7 heteroatoms. The third-order valence-electron chi connectivity index (χ3n) is 4.40. The van der Waals surface area contributed by atoms with Crippen LogP contribution in [0.25, 0.3) is 0 Å². The lowest BCUT2D eigenvalue weighted by Crippen LogP contribution is -3.15. The van der Waals surface area contributed by atoms with Gasteiger partial charge in [-0.2, -0.15) is 0 Å². The number of aryl methyl sites for hydroxylation is 1. The molecule has 3 N–H and O–H groups in total. The number of quaternary nitrogens is 1. The Hall–Kier alpha value is -1.70. The number of amides is 1. The van der Waals surface area contributed by atoms with Crippen molar-refractivity contribution >= 4 is 28.9 Å². The van der Waals surface area contributed by atoms with E-state index in [2.05, 4.69) is 28.5 Å². The van der Waals surface area contributed by atoms with Gasteiger partial charge in [-0.1, -0.05) is 18.2 Å². The second kappa shape index (κ2) is 10.3. The van der Waals surface area contributed by atoms with Crippen LogP contribution in [-0.2, 0) is 9.53 Å². The van der Waals surface area contributed by atoms with Gasteiger partial charge in [0.05, 0.1) is 26.2 Å². The molecule has 1 fully saturated rings. The molecule has 0 bridgehead atoms. The third-order valence-corrected chi connectivity index (χ3v) is 4.76. The van der Waals surface area contributed by atoms with Crippen molar-refractivity contribution in [3.8, 4) is 0 Å². The highest BCUT2D eigenvalue weighted by Crippen LogP contribution is 2.13. The molecule has 0 atom stereocenters. The van der Waals surface area contributed by atoms with Gasteiger partial charge < -0.3 is 25.2 Å². The van der Waals surface area contributed by atoms with Crippen LogP contribution in [0.4, 0.5) is 5.69 Å². The predicted molar refractivity (Wildman–Crippen MR) is 104 cm³/mol. The Bertz CT molecular complexity index is 574. The molecule has 0 unspecified atom stereocenters. The lowest BCUT2D eigenvalue weighted by atomic mass is 10.2. The maximum Gasteiger partial charge on any atom is 0.275 e. The van der Waals surface area contributed by atoms with Gasteiger partial charge in [-0.15, -0.1) is 0 Å². The van der Waals surface area contributed by atoms with Crippen LogP contribution in [0, 0.1) is 6.92 Å². The van der Waals surface area contributed by atoms with E-state index in [1.807, 2.05) is 18.2 Å². The first-order valence-electron chi connectivity index (χ1n) is 8.81. The van der Waals surface area contributed by atoms with E-state index >= 15 is 0 Å². The minimum Gasteiger partial charge on any atom is -0.385 e. The fraction of sp³-hybridized carbons (Fsp3) is 0.556. The van der Waals surface area contributed by atoms with Crippen molar-refractivity contribution in [1.29, 1.82) is 0 Å². The van der Waals surface area contributed by atoms with Gasteiger partial charge in [-0.3, -0.25) is 4.79 Å². The first kappa shape index (κ1) is 19.6. The smallest absolute Gasteiger partial charge is 0.275 e. The van der Waals surface area contributed by atoms with Crippen LogP contribution < -0.4 is 15.5 Å². The molecule has 6 nitrogen and oxygen atoms in total. The maximum absolute atomic E-state index is 11.9. The molecule has 0 saturated carbocycles. The minimum absolute atomic E-state index is 0.111. The van der Waals surface area contributed by atoms with Crippen LogP contribution >= 0.6 is 12.2 Å². The first-order valence-corrected chi connectivity index (χ1v) is 9.21. The molecule has 2 rings (SSSR count). The number of benzene rings is 1. The van der Waals surface area contributed by atoms with Crippen molar-refractivity contribution in [2.75, 3.05) is 58.3 Å². The summed E-state index contributed by atoms with van der Waals surface area (Å²) in [5.41, 5.74) is 2.23. The van der Waals surface area contributed by atoms with Gasteiger partial charge in [0.15, 0.2) is 11.7 Å². The standard InChI is InChI=1S/C18H28N4O2S/c1-15-6-3-4-7-16(15)20-18(25)22-11-9-21(10-12-22)14-17(23)19-8-5-13-24-2/h3-4,6-7H,5,8-14H2,1-2H3,(H,19,23)(H,20,25)/p+1. The maximum atomic E-state index is 11.9. The molecule has 1 saturated heterocycles. The van der Waals surface area contributed by atoms with Gasteiger partial charge in [-0.05, 0) is 37.2 Å². The number of piperazine rings is 1. The number of hydrogen-bond donors (Lipinski definition) is 3. The van der Waals surface area contributed by atoms with Gasteiger partial charge in [0.2, 0.25) is 0 Å². The number of carbonyl (C=O) groups excluding carboxylic acids is 1. The van der Waals surface area contributed by atoms with Crippen molar-refractivity contribution in [3.05, 3.63) is 29.8 Å². The zero-order chi connectivity index (χ0) is 18.1. The quantitative estimate of drug-likeness (QED) is 0.471. The molecule has 1 aromatic rings. The molecule has 1 heterocycles. The summed E-state index contributed by atoms with van der Waals surface area (Å²) in [5.74, 6) is 0.111. The number of para-hydroxylation sites is 1. The van der Waals surface area contributed by atoms with Gasteiger partial charge in [-0.25, -0.2) is 0 Å². The second-order valence-corrected chi connectivity index (χ2v) is 6.74. The molecule has 1 aliphatic heterocycles. The number of hydrogen-bond acceptors (Lipinski definition) is 3. The fourth-order valence-electron chi connectivity index (χ4n) is 2.84. The minimum atomic E-state index is 0.111.